The predicted molar refractivity (Wildman–Crippen MR) is 70.2 cm³/mol. The molecule has 114 valence electrons. The van der Waals surface area contributed by atoms with Crippen LogP contribution in [0, 0.1) is 13.8 Å². The molecule has 1 rings (SSSR count). The predicted octanol–water partition coefficient (Wildman–Crippen LogP) is -2.11. The van der Waals surface area contributed by atoms with E-state index in [1.807, 2.05) is 6.92 Å². The zero-order chi connectivity index (χ0) is 15.2. The summed E-state index contributed by atoms with van der Waals surface area (Å²) in [6.07, 6.45) is 0. The van der Waals surface area contributed by atoms with Crippen LogP contribution >= 0.6 is 12.3 Å². The Morgan fingerprint density at radius 1 is 1.24 bits per heavy atom. The van der Waals surface area contributed by atoms with Crippen LogP contribution in [0.25, 0.3) is 0 Å². The van der Waals surface area contributed by atoms with E-state index in [1.54, 1.807) is 13.0 Å². The first kappa shape index (κ1) is 21.2. The molecule has 0 bridgehead atoms. The summed E-state index contributed by atoms with van der Waals surface area (Å²) < 4.78 is 38.1. The Hall–Kier alpha value is 0.160. The fourth-order valence-corrected chi connectivity index (χ4v) is 3.37. The normalized spacial score (nSPS) is 11.0. The molecule has 0 atom stereocenters. The minimum absolute atomic E-state index is 0. The van der Waals surface area contributed by atoms with E-state index < -0.39 is 9.84 Å². The van der Waals surface area contributed by atoms with E-state index in [1.165, 1.54) is 13.2 Å². The van der Waals surface area contributed by atoms with Crippen molar-refractivity contribution in [2.24, 2.45) is 0 Å². The Morgan fingerprint density at radius 3 is 2.48 bits per heavy atom. The molecule has 0 aromatic heterocycles. The quantitative estimate of drug-likeness (QED) is 0.174. The van der Waals surface area contributed by atoms with Crippen LogP contribution < -0.4 is 39.6 Å². The number of hydrogen-bond donors (Lipinski definition) is 0. The molecule has 0 spiro atoms. The van der Waals surface area contributed by atoms with Gasteiger partial charge < -0.3 is 9.99 Å². The number of sulfone groups is 1. The number of rotatable bonds is 8. The van der Waals surface area contributed by atoms with Gasteiger partial charge in [-0.15, -0.1) is 4.33 Å². The summed E-state index contributed by atoms with van der Waals surface area (Å²) in [5.41, 5.74) is 1.49. The molecule has 10 heteroatoms. The van der Waals surface area contributed by atoms with Crippen molar-refractivity contribution in [3.8, 4) is 5.75 Å². The summed E-state index contributed by atoms with van der Waals surface area (Å²) in [6.45, 7) is 3.40. The van der Waals surface area contributed by atoms with Crippen molar-refractivity contribution in [1.29, 1.82) is 0 Å². The van der Waals surface area contributed by atoms with Crippen molar-refractivity contribution in [2.45, 2.75) is 18.7 Å². The van der Waals surface area contributed by atoms with Gasteiger partial charge in [-0.25, -0.2) is 8.42 Å². The van der Waals surface area contributed by atoms with E-state index in [9.17, 15) is 13.7 Å². The van der Waals surface area contributed by atoms with Crippen LogP contribution in [0.1, 0.15) is 11.1 Å². The summed E-state index contributed by atoms with van der Waals surface area (Å²) in [5.74, 6) is 0.252. The summed E-state index contributed by atoms with van der Waals surface area (Å²) in [5, 5.41) is 12.5. The van der Waals surface area contributed by atoms with Gasteiger partial charge in [-0.05, 0) is 31.0 Å². The molecule has 0 fully saturated rings. The topological polar surface area (TPSA) is 94.1 Å². The van der Waals surface area contributed by atoms with Gasteiger partial charge >= 0.3 is 29.6 Å². The molecule has 0 aliphatic carbocycles. The van der Waals surface area contributed by atoms with Gasteiger partial charge in [-0.3, -0.25) is 9.22 Å². The zero-order valence-electron chi connectivity index (χ0n) is 12.2. The molecule has 0 unspecified atom stereocenters. The standard InChI is InChI=1S/C11H16O7S2.Na/c1-8-6-9(2)11(7-10(8)15-3)20(13,14)5-4-16-19-18-17-12;/h6-7,12H,4-5H2,1-3H3;/q;+1/p-1. The number of methoxy groups -OCH3 is 1. The van der Waals surface area contributed by atoms with Gasteiger partial charge in [0.25, 0.3) is 0 Å². The fraction of sp³-hybridized carbons (Fsp3) is 0.455. The summed E-state index contributed by atoms with van der Waals surface area (Å²) >= 11 is 0.280. The van der Waals surface area contributed by atoms with Gasteiger partial charge in [0.2, 0.25) is 0 Å². The monoisotopic (exact) mass is 346 g/mol. The third-order valence-electron chi connectivity index (χ3n) is 2.57. The smallest absolute Gasteiger partial charge is 0.691 e. The molecule has 0 aliphatic rings. The van der Waals surface area contributed by atoms with Crippen molar-refractivity contribution in [1.82, 2.24) is 0 Å². The molecule has 1 aromatic rings. The molecule has 0 amide bonds. The Labute approximate surface area is 150 Å². The minimum atomic E-state index is -3.52. The largest absolute Gasteiger partial charge is 1.00 e. The molecular formula is C11H15NaO7S2. The van der Waals surface area contributed by atoms with Gasteiger partial charge in [0.1, 0.15) is 5.75 Å². The van der Waals surface area contributed by atoms with Crippen molar-refractivity contribution in [3.63, 3.8) is 0 Å². The molecule has 0 heterocycles. The van der Waals surface area contributed by atoms with E-state index in [0.717, 1.165) is 5.56 Å². The van der Waals surface area contributed by atoms with Crippen LogP contribution in [-0.2, 0) is 23.4 Å². The second-order valence-electron chi connectivity index (χ2n) is 3.93. The summed E-state index contributed by atoms with van der Waals surface area (Å²) in [6, 6.07) is 3.24. The number of hydrogen-bond acceptors (Lipinski definition) is 8. The average molecular weight is 346 g/mol. The second kappa shape index (κ2) is 10.0. The van der Waals surface area contributed by atoms with Gasteiger partial charge in [-0.1, -0.05) is 6.07 Å². The first-order chi connectivity index (χ1) is 9.42. The third kappa shape index (κ3) is 6.43. The van der Waals surface area contributed by atoms with E-state index in [2.05, 4.69) is 9.37 Å². The van der Waals surface area contributed by atoms with Gasteiger partial charge in [-0.2, -0.15) is 0 Å². The van der Waals surface area contributed by atoms with E-state index in [4.69, 9.17) is 8.92 Å². The number of benzene rings is 1. The molecule has 1 aromatic carbocycles. The number of aryl methyl sites for hydroxylation is 2. The maximum Gasteiger partial charge on any atom is 1.00 e. The van der Waals surface area contributed by atoms with E-state index >= 15 is 0 Å². The van der Waals surface area contributed by atoms with Crippen molar-refractivity contribution < 1.29 is 61.5 Å². The third-order valence-corrected chi connectivity index (χ3v) is 4.75. The Morgan fingerprint density at radius 2 is 1.90 bits per heavy atom. The fourth-order valence-electron chi connectivity index (χ4n) is 1.69. The van der Waals surface area contributed by atoms with Crippen LogP contribution in [0.4, 0.5) is 0 Å². The molecule has 0 aliphatic heterocycles. The van der Waals surface area contributed by atoms with Crippen LogP contribution in [0.2, 0.25) is 0 Å². The molecule has 0 saturated carbocycles. The Balaban J connectivity index is 0.00000400. The molecule has 0 saturated heterocycles. The number of ether oxygens (including phenoxy) is 1. The van der Waals surface area contributed by atoms with Crippen molar-refractivity contribution in [3.05, 3.63) is 23.3 Å². The van der Waals surface area contributed by atoms with Crippen molar-refractivity contribution >= 4 is 22.2 Å². The van der Waals surface area contributed by atoms with Crippen molar-refractivity contribution in [2.75, 3.05) is 19.5 Å². The molecule has 0 N–H and O–H groups in total. The van der Waals surface area contributed by atoms with Crippen LogP contribution in [-0.4, -0.2) is 27.9 Å². The summed E-state index contributed by atoms with van der Waals surface area (Å²) in [4.78, 5) is 0.189. The maximum absolute atomic E-state index is 12.2. The molecule has 0 radical (unpaired) electrons. The zero-order valence-corrected chi connectivity index (χ0v) is 15.9. The molecule has 7 nitrogen and oxygen atoms in total. The molecule has 21 heavy (non-hydrogen) atoms. The van der Waals surface area contributed by atoms with E-state index in [-0.39, 0.29) is 59.1 Å². The second-order valence-corrected chi connectivity index (χ2v) is 6.52. The molecular weight excluding hydrogens is 331 g/mol. The first-order valence-electron chi connectivity index (χ1n) is 5.55. The minimum Gasteiger partial charge on any atom is -0.691 e. The average Bonchev–Trinajstić information content (AvgIpc) is 2.38. The van der Waals surface area contributed by atoms with E-state index in [0.29, 0.717) is 11.3 Å². The van der Waals surface area contributed by atoms with Gasteiger partial charge in [0.05, 0.1) is 24.4 Å². The van der Waals surface area contributed by atoms with Gasteiger partial charge in [0, 0.05) is 0 Å². The SMILES string of the molecule is COc1cc(S(=O)(=O)CCOSOO[O-])c(C)cc1C.[Na+]. The van der Waals surface area contributed by atoms with Crippen LogP contribution in [0.3, 0.4) is 0 Å². The maximum atomic E-state index is 12.2. The first-order valence-corrected chi connectivity index (χ1v) is 7.87. The summed E-state index contributed by atoms with van der Waals surface area (Å²) in [7, 11) is -2.04. The van der Waals surface area contributed by atoms with Crippen LogP contribution in [0.15, 0.2) is 17.0 Å². The Kier molecular flexibility index (Phi) is 10.1. The Bertz CT molecular complexity index is 548. The van der Waals surface area contributed by atoms with Gasteiger partial charge in [0.15, 0.2) is 22.2 Å². The van der Waals surface area contributed by atoms with Crippen LogP contribution in [0.5, 0.6) is 5.75 Å².